The van der Waals surface area contributed by atoms with Gasteiger partial charge in [-0.05, 0) is 25.5 Å². The first-order valence-electron chi connectivity index (χ1n) is 7.91. The largest absolute Gasteiger partial charge is 0.504 e. The summed E-state index contributed by atoms with van der Waals surface area (Å²) in [6, 6.07) is 11.5. The summed E-state index contributed by atoms with van der Waals surface area (Å²) in [7, 11) is 0. The average molecular weight is 340 g/mol. The number of carbonyl (C=O) groups is 2. The highest BCUT2D eigenvalue weighted by atomic mass is 16.6. The van der Waals surface area contributed by atoms with Crippen molar-refractivity contribution in [2.75, 3.05) is 6.61 Å². The van der Waals surface area contributed by atoms with Crippen molar-refractivity contribution in [2.45, 2.75) is 20.3 Å². The fourth-order valence-corrected chi connectivity index (χ4v) is 2.09. The van der Waals surface area contributed by atoms with E-state index in [1.54, 1.807) is 30.3 Å². The van der Waals surface area contributed by atoms with Crippen molar-refractivity contribution in [3.63, 3.8) is 0 Å². The topological polar surface area (TPSA) is 72.8 Å². The maximum absolute atomic E-state index is 12.6. The Morgan fingerprint density at radius 1 is 1.12 bits per heavy atom. The van der Waals surface area contributed by atoms with E-state index in [0.717, 1.165) is 6.42 Å². The zero-order valence-corrected chi connectivity index (χ0v) is 14.2. The molecule has 0 bridgehead atoms. The van der Waals surface area contributed by atoms with Gasteiger partial charge >= 0.3 is 5.97 Å². The molecule has 2 rings (SSSR count). The molecule has 0 radical (unpaired) electrons. The van der Waals surface area contributed by atoms with Crippen molar-refractivity contribution in [3.05, 3.63) is 65.7 Å². The lowest BCUT2D eigenvalue weighted by Crippen LogP contribution is -2.11. The van der Waals surface area contributed by atoms with Crippen LogP contribution in [0.4, 0.5) is 0 Å². The highest BCUT2D eigenvalue weighted by Gasteiger charge is 2.23. The molecule has 0 spiro atoms. The Balaban J connectivity index is 2.47. The number of esters is 1. The molecule has 0 fully saturated rings. The first-order valence-corrected chi connectivity index (χ1v) is 7.91. The number of hydrogen-bond donors (Lipinski definition) is 1. The minimum Gasteiger partial charge on any atom is -0.504 e. The molecule has 0 amide bonds. The molecule has 5 nitrogen and oxygen atoms in total. The number of ketones is 1. The maximum atomic E-state index is 12.6. The fraction of sp³-hybridized carbons (Fsp3) is 0.200. The Morgan fingerprint density at radius 2 is 1.80 bits per heavy atom. The Labute approximate surface area is 146 Å². The van der Waals surface area contributed by atoms with Gasteiger partial charge in [-0.3, -0.25) is 4.79 Å². The van der Waals surface area contributed by atoms with Gasteiger partial charge in [0.2, 0.25) is 5.75 Å². The van der Waals surface area contributed by atoms with Gasteiger partial charge in [-0.2, -0.15) is 0 Å². The van der Waals surface area contributed by atoms with Crippen LogP contribution in [0.1, 0.15) is 36.2 Å². The van der Waals surface area contributed by atoms with Crippen molar-refractivity contribution in [3.8, 4) is 17.2 Å². The molecular formula is C20H20O5. The predicted octanol–water partition coefficient (Wildman–Crippen LogP) is 3.89. The molecule has 0 atom stereocenters. The summed E-state index contributed by atoms with van der Waals surface area (Å²) in [5.41, 5.74) is 0.609. The molecule has 0 saturated heterocycles. The van der Waals surface area contributed by atoms with E-state index in [0.29, 0.717) is 12.2 Å². The van der Waals surface area contributed by atoms with Crippen LogP contribution in [0.15, 0.2) is 54.6 Å². The predicted molar refractivity (Wildman–Crippen MR) is 94.2 cm³/mol. The molecule has 0 aliphatic rings. The Kier molecular flexibility index (Phi) is 5.95. The van der Waals surface area contributed by atoms with Gasteiger partial charge in [-0.25, -0.2) is 4.79 Å². The Hall–Kier alpha value is -3.08. The summed E-state index contributed by atoms with van der Waals surface area (Å²) < 4.78 is 10.7. The molecule has 0 unspecified atom stereocenters. The Bertz CT molecular complexity index is 793. The molecule has 0 saturated carbocycles. The van der Waals surface area contributed by atoms with Gasteiger partial charge in [0.05, 0.1) is 12.2 Å². The van der Waals surface area contributed by atoms with Gasteiger partial charge in [0.15, 0.2) is 17.3 Å². The van der Waals surface area contributed by atoms with E-state index in [1.807, 2.05) is 6.92 Å². The number of hydrogen-bond acceptors (Lipinski definition) is 5. The molecular weight excluding hydrogens is 320 g/mol. The highest BCUT2D eigenvalue weighted by molar-refractivity contribution is 6.11. The first-order chi connectivity index (χ1) is 12.0. The van der Waals surface area contributed by atoms with Crippen LogP contribution in [-0.2, 0) is 4.79 Å². The van der Waals surface area contributed by atoms with Crippen molar-refractivity contribution in [2.24, 2.45) is 0 Å². The molecule has 2 aromatic rings. The van der Waals surface area contributed by atoms with Crippen LogP contribution < -0.4 is 9.47 Å². The second-order valence-corrected chi connectivity index (χ2v) is 5.50. The lowest BCUT2D eigenvalue weighted by Gasteiger charge is -2.15. The van der Waals surface area contributed by atoms with Crippen LogP contribution in [0.3, 0.4) is 0 Å². The average Bonchev–Trinajstić information content (AvgIpc) is 2.62. The van der Waals surface area contributed by atoms with E-state index < -0.39 is 11.7 Å². The SMILES string of the molecule is C=C(C)C(=O)Oc1c(OCCC)ccc(C(=O)c2ccccc2)c1O. The van der Waals surface area contributed by atoms with Gasteiger partial charge in [-0.15, -0.1) is 0 Å². The Morgan fingerprint density at radius 3 is 2.40 bits per heavy atom. The lowest BCUT2D eigenvalue weighted by atomic mass is 10.0. The molecule has 2 aromatic carbocycles. The molecule has 0 aromatic heterocycles. The second kappa shape index (κ2) is 8.15. The van der Waals surface area contributed by atoms with Crippen LogP contribution in [0.25, 0.3) is 0 Å². The zero-order chi connectivity index (χ0) is 18.4. The smallest absolute Gasteiger partial charge is 0.338 e. The van der Waals surface area contributed by atoms with Gasteiger partial charge in [0.25, 0.3) is 0 Å². The number of phenols is 1. The summed E-state index contributed by atoms with van der Waals surface area (Å²) >= 11 is 0. The number of phenolic OH excluding ortho intramolecular Hbond substituents is 1. The number of rotatable bonds is 7. The number of aromatic hydroxyl groups is 1. The minimum atomic E-state index is -0.707. The van der Waals surface area contributed by atoms with E-state index >= 15 is 0 Å². The third-order valence-electron chi connectivity index (χ3n) is 3.38. The van der Waals surface area contributed by atoms with E-state index in [2.05, 4.69) is 6.58 Å². The molecule has 0 aliphatic heterocycles. The third kappa shape index (κ3) is 4.26. The highest BCUT2D eigenvalue weighted by Crippen LogP contribution is 2.40. The van der Waals surface area contributed by atoms with Gasteiger partial charge in [0.1, 0.15) is 0 Å². The van der Waals surface area contributed by atoms with Gasteiger partial charge < -0.3 is 14.6 Å². The van der Waals surface area contributed by atoms with Crippen LogP contribution >= 0.6 is 0 Å². The van der Waals surface area contributed by atoms with E-state index in [9.17, 15) is 14.7 Å². The van der Waals surface area contributed by atoms with Gasteiger partial charge in [0, 0.05) is 11.1 Å². The number of benzene rings is 2. The van der Waals surface area contributed by atoms with Crippen molar-refractivity contribution in [1.29, 1.82) is 0 Å². The number of ether oxygens (including phenoxy) is 2. The van der Waals surface area contributed by atoms with E-state index in [4.69, 9.17) is 9.47 Å². The summed E-state index contributed by atoms with van der Waals surface area (Å²) in [6.07, 6.45) is 0.735. The quantitative estimate of drug-likeness (QED) is 0.358. The summed E-state index contributed by atoms with van der Waals surface area (Å²) in [4.78, 5) is 24.5. The molecule has 0 aliphatic carbocycles. The van der Waals surface area contributed by atoms with E-state index in [1.165, 1.54) is 19.1 Å². The maximum Gasteiger partial charge on any atom is 0.338 e. The first kappa shape index (κ1) is 18.3. The summed E-state index contributed by atoms with van der Waals surface area (Å²) in [6.45, 7) is 7.31. The standard InChI is InChI=1S/C20H20O5/c1-4-12-24-16-11-10-15(17(21)14-8-6-5-7-9-14)18(22)19(16)25-20(23)13(2)3/h5-11,22H,2,4,12H2,1,3H3. The normalized spacial score (nSPS) is 10.2. The monoisotopic (exact) mass is 340 g/mol. The van der Waals surface area contributed by atoms with Crippen molar-refractivity contribution < 1.29 is 24.2 Å². The summed E-state index contributed by atoms with van der Waals surface area (Å²) in [5, 5.41) is 10.5. The molecule has 1 N–H and O–H groups in total. The molecule has 5 heteroatoms. The molecule has 25 heavy (non-hydrogen) atoms. The minimum absolute atomic E-state index is 0.0274. The van der Waals surface area contributed by atoms with Crippen LogP contribution in [0, 0.1) is 0 Å². The van der Waals surface area contributed by atoms with Gasteiger partial charge in [-0.1, -0.05) is 43.8 Å². The zero-order valence-electron chi connectivity index (χ0n) is 14.2. The van der Waals surface area contributed by atoms with Crippen LogP contribution in [0.2, 0.25) is 0 Å². The van der Waals surface area contributed by atoms with Crippen LogP contribution in [-0.4, -0.2) is 23.5 Å². The van der Waals surface area contributed by atoms with Crippen LogP contribution in [0.5, 0.6) is 17.2 Å². The molecule has 0 heterocycles. The van der Waals surface area contributed by atoms with Crippen molar-refractivity contribution in [1.82, 2.24) is 0 Å². The third-order valence-corrected chi connectivity index (χ3v) is 3.38. The van der Waals surface area contributed by atoms with E-state index in [-0.39, 0.29) is 28.4 Å². The summed E-state index contributed by atoms with van der Waals surface area (Å²) in [5.74, 6) is -1.51. The number of carbonyl (C=O) groups excluding carboxylic acids is 2. The lowest BCUT2D eigenvalue weighted by molar-refractivity contribution is -0.130. The fourth-order valence-electron chi connectivity index (χ4n) is 2.09. The molecule has 130 valence electrons. The van der Waals surface area contributed by atoms with Crippen molar-refractivity contribution >= 4 is 11.8 Å². The second-order valence-electron chi connectivity index (χ2n) is 5.50.